The number of rotatable bonds is 2. The molecule has 1 aliphatic heterocycles. The Morgan fingerprint density at radius 1 is 1.56 bits per heavy atom. The molecule has 98 valence electrons. The molecule has 5 heteroatoms. The first-order valence-corrected chi connectivity index (χ1v) is 6.85. The largest absolute Gasteiger partial charge is 0.393 e. The number of nitrogens with zero attached hydrogens (tertiary/aromatic N) is 1. The normalized spacial score (nSPS) is 24.1. The van der Waals surface area contributed by atoms with Crippen molar-refractivity contribution in [1.82, 2.24) is 0 Å². The number of halogens is 1. The number of hydrogen-bond donors (Lipinski definition) is 3. The molecule has 1 heterocycles. The predicted molar refractivity (Wildman–Crippen MR) is 77.2 cm³/mol. The minimum absolute atomic E-state index is 0.0741. The van der Waals surface area contributed by atoms with Gasteiger partial charge in [0, 0.05) is 28.8 Å². The summed E-state index contributed by atoms with van der Waals surface area (Å²) in [5, 5.41) is 17.4. The first-order chi connectivity index (χ1) is 8.49. The smallest absolute Gasteiger partial charge is 0.124 e. The molecule has 0 radical (unpaired) electrons. The highest BCUT2D eigenvalue weighted by molar-refractivity contribution is 9.10. The second kappa shape index (κ2) is 5.28. The van der Waals surface area contributed by atoms with Gasteiger partial charge in [-0.15, -0.1) is 0 Å². The fourth-order valence-electron chi connectivity index (χ4n) is 2.35. The molecule has 1 saturated heterocycles. The zero-order valence-corrected chi connectivity index (χ0v) is 11.9. The number of nitrogens with one attached hydrogen (secondary N) is 1. The second-order valence-electron chi connectivity index (χ2n) is 4.85. The number of hydrogen-bond acceptors (Lipinski definition) is 3. The zero-order chi connectivity index (χ0) is 13.3. The highest BCUT2D eigenvalue weighted by Gasteiger charge is 2.25. The molecule has 0 bridgehead atoms. The zero-order valence-electron chi connectivity index (χ0n) is 10.4. The number of amidine groups is 1. The molecule has 0 amide bonds. The van der Waals surface area contributed by atoms with Gasteiger partial charge < -0.3 is 15.7 Å². The number of piperidine rings is 1. The molecule has 1 fully saturated rings. The fourth-order valence-corrected chi connectivity index (χ4v) is 2.71. The topological polar surface area (TPSA) is 73.3 Å². The lowest BCUT2D eigenvalue weighted by molar-refractivity contribution is 0.0971. The maximum absolute atomic E-state index is 9.76. The van der Waals surface area contributed by atoms with Gasteiger partial charge in [-0.3, -0.25) is 5.41 Å². The van der Waals surface area contributed by atoms with Crippen LogP contribution in [-0.2, 0) is 0 Å². The van der Waals surface area contributed by atoms with Crippen LogP contribution in [0.1, 0.15) is 18.9 Å². The Kier molecular flexibility index (Phi) is 3.92. The number of anilines is 1. The van der Waals surface area contributed by atoms with Crippen LogP contribution in [0.5, 0.6) is 0 Å². The Hall–Kier alpha value is -1.07. The molecule has 1 aromatic rings. The molecule has 0 aliphatic carbocycles. The average molecular weight is 312 g/mol. The van der Waals surface area contributed by atoms with E-state index < -0.39 is 0 Å². The number of benzene rings is 1. The molecular formula is C13H18BrN3O. The SMILES string of the molecule is CC1CN(c2ccc(Br)cc2C(=N)N)CCC1O. The van der Waals surface area contributed by atoms with E-state index in [9.17, 15) is 5.11 Å². The van der Waals surface area contributed by atoms with Crippen LogP contribution in [0.4, 0.5) is 5.69 Å². The van der Waals surface area contributed by atoms with Crippen LogP contribution in [-0.4, -0.2) is 30.1 Å². The van der Waals surface area contributed by atoms with Crippen molar-refractivity contribution in [2.75, 3.05) is 18.0 Å². The molecule has 4 N–H and O–H groups in total. The highest BCUT2D eigenvalue weighted by Crippen LogP contribution is 2.28. The summed E-state index contributed by atoms with van der Waals surface area (Å²) in [4.78, 5) is 2.19. The van der Waals surface area contributed by atoms with Crippen molar-refractivity contribution in [2.45, 2.75) is 19.4 Å². The van der Waals surface area contributed by atoms with E-state index in [-0.39, 0.29) is 17.9 Å². The van der Waals surface area contributed by atoms with Gasteiger partial charge in [0.15, 0.2) is 0 Å². The predicted octanol–water partition coefficient (Wildman–Crippen LogP) is 1.94. The minimum Gasteiger partial charge on any atom is -0.393 e. The minimum atomic E-state index is -0.225. The molecule has 0 spiro atoms. The summed E-state index contributed by atoms with van der Waals surface area (Å²) < 4.78 is 0.918. The van der Waals surface area contributed by atoms with E-state index in [0.29, 0.717) is 0 Å². The summed E-state index contributed by atoms with van der Waals surface area (Å²) in [6.45, 7) is 3.64. The summed E-state index contributed by atoms with van der Waals surface area (Å²) in [7, 11) is 0. The average Bonchev–Trinajstić information content (AvgIpc) is 2.32. The molecule has 2 atom stereocenters. The van der Waals surface area contributed by atoms with Crippen LogP contribution < -0.4 is 10.6 Å². The van der Waals surface area contributed by atoms with Crippen LogP contribution in [0.15, 0.2) is 22.7 Å². The van der Waals surface area contributed by atoms with Gasteiger partial charge in [-0.1, -0.05) is 22.9 Å². The Morgan fingerprint density at radius 3 is 2.89 bits per heavy atom. The third kappa shape index (κ3) is 2.67. The first kappa shape index (κ1) is 13.4. The van der Waals surface area contributed by atoms with Crippen molar-refractivity contribution < 1.29 is 5.11 Å². The van der Waals surface area contributed by atoms with E-state index in [0.717, 1.165) is 35.2 Å². The van der Waals surface area contributed by atoms with Gasteiger partial charge in [0.05, 0.1) is 6.10 Å². The van der Waals surface area contributed by atoms with Gasteiger partial charge in [-0.05, 0) is 30.5 Å². The molecular weight excluding hydrogens is 294 g/mol. The third-order valence-electron chi connectivity index (χ3n) is 3.45. The molecule has 1 aromatic carbocycles. The van der Waals surface area contributed by atoms with E-state index in [1.807, 2.05) is 25.1 Å². The van der Waals surface area contributed by atoms with Crippen molar-refractivity contribution in [2.24, 2.45) is 11.7 Å². The van der Waals surface area contributed by atoms with Crippen molar-refractivity contribution >= 4 is 27.5 Å². The van der Waals surface area contributed by atoms with Gasteiger partial charge >= 0.3 is 0 Å². The van der Waals surface area contributed by atoms with Crippen molar-refractivity contribution in [3.05, 3.63) is 28.2 Å². The van der Waals surface area contributed by atoms with Gasteiger partial charge in [-0.2, -0.15) is 0 Å². The molecule has 2 unspecified atom stereocenters. The maximum Gasteiger partial charge on any atom is 0.124 e. The van der Waals surface area contributed by atoms with E-state index >= 15 is 0 Å². The molecule has 0 saturated carbocycles. The Balaban J connectivity index is 2.30. The number of nitrogen functional groups attached to an aromatic ring is 1. The summed E-state index contributed by atoms with van der Waals surface area (Å²) in [6.07, 6.45) is 0.534. The Morgan fingerprint density at radius 2 is 2.28 bits per heavy atom. The lowest BCUT2D eigenvalue weighted by atomic mass is 9.95. The van der Waals surface area contributed by atoms with Crippen molar-refractivity contribution in [3.63, 3.8) is 0 Å². The van der Waals surface area contributed by atoms with Crippen LogP contribution in [0.25, 0.3) is 0 Å². The lowest BCUT2D eigenvalue weighted by Crippen LogP contribution is -2.42. The third-order valence-corrected chi connectivity index (χ3v) is 3.94. The van der Waals surface area contributed by atoms with Crippen molar-refractivity contribution in [1.29, 1.82) is 5.41 Å². The summed E-state index contributed by atoms with van der Waals surface area (Å²) in [5.41, 5.74) is 7.36. The van der Waals surface area contributed by atoms with Crippen LogP contribution >= 0.6 is 15.9 Å². The van der Waals surface area contributed by atoms with Gasteiger partial charge in [-0.25, -0.2) is 0 Å². The standard InChI is InChI=1S/C13H18BrN3O/c1-8-7-17(5-4-12(8)18)11-3-2-9(14)6-10(11)13(15)16/h2-3,6,8,12,18H,4-5,7H2,1H3,(H3,15,16). The summed E-state index contributed by atoms with van der Waals surface area (Å²) >= 11 is 3.40. The Labute approximate surface area is 115 Å². The van der Waals surface area contributed by atoms with Gasteiger partial charge in [0.25, 0.3) is 0 Å². The Bertz CT molecular complexity index is 464. The van der Waals surface area contributed by atoms with Gasteiger partial charge in [0.1, 0.15) is 5.84 Å². The molecule has 0 aromatic heterocycles. The quantitative estimate of drug-likeness (QED) is 0.577. The summed E-state index contributed by atoms with van der Waals surface area (Å²) in [6, 6.07) is 5.80. The van der Waals surface area contributed by atoms with Gasteiger partial charge in [0.2, 0.25) is 0 Å². The van der Waals surface area contributed by atoms with Crippen LogP contribution in [0.3, 0.4) is 0 Å². The number of aliphatic hydroxyl groups excluding tert-OH is 1. The summed E-state index contributed by atoms with van der Waals surface area (Å²) in [5.74, 6) is 0.312. The first-order valence-electron chi connectivity index (χ1n) is 6.06. The van der Waals surface area contributed by atoms with Crippen LogP contribution in [0, 0.1) is 11.3 Å². The maximum atomic E-state index is 9.76. The number of aliphatic hydroxyl groups is 1. The van der Waals surface area contributed by atoms with Crippen LogP contribution in [0.2, 0.25) is 0 Å². The van der Waals surface area contributed by atoms with E-state index in [1.165, 1.54) is 0 Å². The molecule has 18 heavy (non-hydrogen) atoms. The second-order valence-corrected chi connectivity index (χ2v) is 5.77. The van der Waals surface area contributed by atoms with Crippen molar-refractivity contribution in [3.8, 4) is 0 Å². The molecule has 1 aliphatic rings. The van der Waals surface area contributed by atoms with E-state index in [4.69, 9.17) is 11.1 Å². The fraction of sp³-hybridized carbons (Fsp3) is 0.462. The lowest BCUT2D eigenvalue weighted by Gasteiger charge is -2.36. The molecule has 4 nitrogen and oxygen atoms in total. The van der Waals surface area contributed by atoms with E-state index in [2.05, 4.69) is 20.8 Å². The highest BCUT2D eigenvalue weighted by atomic mass is 79.9. The number of nitrogens with two attached hydrogens (primary N) is 1. The monoisotopic (exact) mass is 311 g/mol. The molecule has 2 rings (SSSR count). The van der Waals surface area contributed by atoms with E-state index in [1.54, 1.807) is 0 Å².